The van der Waals surface area contributed by atoms with E-state index in [4.69, 9.17) is 30.3 Å². The molecule has 0 spiro atoms. The molecule has 13 aromatic rings. The van der Waals surface area contributed by atoms with Crippen LogP contribution in [-0.4, -0.2) is 14.1 Å². The highest BCUT2D eigenvalue weighted by Gasteiger charge is 2.38. The lowest BCUT2D eigenvalue weighted by Crippen LogP contribution is -2.33. The van der Waals surface area contributed by atoms with Gasteiger partial charge in [0, 0.05) is 53.2 Å². The summed E-state index contributed by atoms with van der Waals surface area (Å²) in [5.41, 5.74) is -12.2. The second-order valence-corrected chi connectivity index (χ2v) is 22.4. The van der Waals surface area contributed by atoms with Crippen molar-refractivity contribution in [2.24, 2.45) is 0 Å². The second kappa shape index (κ2) is 19.5. The molecule has 1 aliphatic heterocycles. The molecule has 15 rings (SSSR count). The molecule has 0 bridgehead atoms. The first-order valence-electron chi connectivity index (χ1n) is 42.5. The molecule has 414 valence electrons. The largest absolute Gasteiger partial charge is 0.458 e. The first-order chi connectivity index (χ1) is 53.4. The SMILES string of the molecule is [2H]c1c([2H])c([2H])c(-c2cccc3c2-c2cccc(-c4c(C([2H])([2H])[2H])cccc4C([2H])([2H])[2H])c2-[n+]2[c-]n(-c4cccc(Oc5ccc6c7ccccc7n(-c7cc(C(C)(C)C)ccn7)c6c5)c4)c4cc(-c5c([2H])c([2H])c6c(c5[2H])C(C([2H])([2H])[2H])(C([2H])([2H])[2H])C([2H])([2H])C([2H])([2H])C6(C([2H])([2H])[2H])C([2H])([2H])[2H])cc(c42)-c2ccccc2-3)c([2H])c1[2H]. The third kappa shape index (κ3) is 8.57. The molecule has 0 radical (unpaired) electrons. The third-order valence-corrected chi connectivity index (χ3v) is 16.0. The summed E-state index contributed by atoms with van der Waals surface area (Å²) in [6.07, 6.45) is -4.09. The Kier molecular flexibility index (Phi) is 6.72. The Morgan fingerprint density at radius 2 is 1.22 bits per heavy atom. The van der Waals surface area contributed by atoms with Crippen molar-refractivity contribution in [3.8, 4) is 95.5 Å². The summed E-state index contributed by atoms with van der Waals surface area (Å²) in [6, 6.07) is 38.1. The summed E-state index contributed by atoms with van der Waals surface area (Å²) >= 11 is 0. The van der Waals surface area contributed by atoms with Crippen LogP contribution in [0.2, 0.25) is 0 Å². The summed E-state index contributed by atoms with van der Waals surface area (Å²) in [7, 11) is 0. The summed E-state index contributed by atoms with van der Waals surface area (Å²) in [4.78, 5) is 4.84. The van der Waals surface area contributed by atoms with Crippen molar-refractivity contribution in [1.29, 1.82) is 0 Å². The van der Waals surface area contributed by atoms with E-state index in [9.17, 15) is 20.6 Å². The molecule has 4 heterocycles. The number of pyridine rings is 1. The van der Waals surface area contributed by atoms with Crippen molar-refractivity contribution in [1.82, 2.24) is 14.1 Å². The Morgan fingerprint density at radius 1 is 0.553 bits per heavy atom. The average Bonchev–Trinajstić information content (AvgIpc) is 0.879. The van der Waals surface area contributed by atoms with E-state index in [2.05, 4.69) is 27.1 Å². The van der Waals surface area contributed by atoms with Gasteiger partial charge in [0.15, 0.2) is 0 Å². The highest BCUT2D eigenvalue weighted by atomic mass is 16.5. The van der Waals surface area contributed by atoms with Gasteiger partial charge in [-0.15, -0.1) is 0 Å². The van der Waals surface area contributed by atoms with E-state index in [0.717, 1.165) is 21.9 Å². The van der Waals surface area contributed by atoms with E-state index < -0.39 is 146 Å². The number of benzene rings is 10. The molecule has 0 N–H and O–H groups in total. The van der Waals surface area contributed by atoms with Gasteiger partial charge >= 0.3 is 0 Å². The van der Waals surface area contributed by atoms with Crippen LogP contribution < -0.4 is 9.30 Å². The van der Waals surface area contributed by atoms with Crippen molar-refractivity contribution >= 4 is 32.8 Å². The van der Waals surface area contributed by atoms with Crippen molar-refractivity contribution in [2.45, 2.75) is 90.9 Å². The number of fused-ring (bicyclic) bond motifs is 11. The van der Waals surface area contributed by atoms with Crippen LogP contribution in [0.1, 0.15) is 130 Å². The predicted octanol–water partition coefficient (Wildman–Crippen LogP) is 20.6. The van der Waals surface area contributed by atoms with E-state index in [0.29, 0.717) is 17.1 Å². The van der Waals surface area contributed by atoms with Crippen LogP contribution in [0.15, 0.2) is 224 Å². The summed E-state index contributed by atoms with van der Waals surface area (Å²) in [5.74, 6) is 1.10. The lowest BCUT2D eigenvalue weighted by atomic mass is 9.63. The number of aryl methyl sites for hydroxylation is 2. The number of ether oxygens (including phenoxy) is 1. The Hall–Kier alpha value is -9.58. The number of nitrogens with zero attached hydrogens (tertiary/aromatic N) is 4. The van der Waals surface area contributed by atoms with Gasteiger partial charge in [0.25, 0.3) is 6.33 Å². The lowest BCUT2D eigenvalue weighted by Gasteiger charge is -2.42. The summed E-state index contributed by atoms with van der Waals surface area (Å²) in [6.45, 7) is -17.4. The van der Waals surface area contributed by atoms with Gasteiger partial charge in [-0.2, -0.15) is 0 Å². The number of hydrogen-bond donors (Lipinski definition) is 0. The maximum absolute atomic E-state index is 10.5. The molecule has 0 saturated carbocycles. The quantitative estimate of drug-likeness (QED) is 0.118. The molecule has 0 unspecified atom stereocenters. The van der Waals surface area contributed by atoms with Gasteiger partial charge in [0.05, 0.1) is 44.4 Å². The number of rotatable bonds is 7. The third-order valence-electron chi connectivity index (χ3n) is 16.0. The Morgan fingerprint density at radius 3 is 2.00 bits per heavy atom. The fourth-order valence-corrected chi connectivity index (χ4v) is 12.1. The van der Waals surface area contributed by atoms with Crippen LogP contribution in [0.25, 0.3) is 117 Å². The fraction of sp³-hybridized carbons (Fsp3) is 0.175. The molecule has 0 atom stereocenters. The predicted molar refractivity (Wildman–Crippen MR) is 352 cm³/mol. The van der Waals surface area contributed by atoms with Gasteiger partial charge in [0.2, 0.25) is 0 Å². The standard InChI is InChI=1S/C80H68N4O/c1-50-21-17-22-51(2)74(50)65-32-20-33-66-75-59(52-23-11-10-12-24-52)30-19-31-64(75)60-27-13-14-28-61(60)67-43-54(53-35-38-68-69(44-53)80(8,9)41-40-79(68,6)7)45-72-77(67)83(76(65)66)49-82(72)56-25-18-26-57(47-56)85-58-36-37-63-62-29-15-16-34-70(62)84(71(63)48-58)73-46-55(39-42-81-73)78(3,4)5/h10-39,42-48H,40-41H2,1-9H3/i1D3,2D3,6D3,7D3,8D3,9D3,10D,11D,12D,23D,24D,35D,38D,40D2,41D2,44D. The normalized spacial score (nSPS) is 21.3. The molecule has 0 saturated heterocycles. The maximum Gasteiger partial charge on any atom is 0.269 e. The molecular formula is C80H68N4O. The number of para-hydroxylation sites is 2. The van der Waals surface area contributed by atoms with Crippen LogP contribution >= 0.6 is 0 Å². The number of aromatic nitrogens is 4. The molecule has 0 fully saturated rings. The highest BCUT2D eigenvalue weighted by molar-refractivity contribution is 6.10. The monoisotopic (exact) mass is 1130 g/mol. The number of hydrogen-bond acceptors (Lipinski definition) is 2. The average molecular weight is 1130 g/mol. The smallest absolute Gasteiger partial charge is 0.269 e. The van der Waals surface area contributed by atoms with Gasteiger partial charge in [-0.25, -0.2) is 4.98 Å². The fourth-order valence-electron chi connectivity index (χ4n) is 12.1. The van der Waals surface area contributed by atoms with Gasteiger partial charge in [0.1, 0.15) is 17.3 Å². The summed E-state index contributed by atoms with van der Waals surface area (Å²) < 4.78 is 291. The van der Waals surface area contributed by atoms with Gasteiger partial charge < -0.3 is 4.74 Å². The summed E-state index contributed by atoms with van der Waals surface area (Å²) in [5, 5.41) is 1.77. The maximum atomic E-state index is 10.5. The first-order valence-corrected chi connectivity index (χ1v) is 27.5. The lowest BCUT2D eigenvalue weighted by molar-refractivity contribution is -0.570. The number of imidazole rings is 1. The molecule has 2 aliphatic rings. The second-order valence-electron chi connectivity index (χ2n) is 22.4. The van der Waals surface area contributed by atoms with Crippen LogP contribution in [0.3, 0.4) is 0 Å². The molecule has 1 aliphatic carbocycles. The van der Waals surface area contributed by atoms with Crippen molar-refractivity contribution in [3.63, 3.8) is 0 Å². The molecule has 3 aromatic heterocycles. The molecule has 5 nitrogen and oxygen atoms in total. The zero-order valence-corrected chi connectivity index (χ0v) is 45.9. The van der Waals surface area contributed by atoms with E-state index >= 15 is 0 Å². The van der Waals surface area contributed by atoms with Crippen molar-refractivity contribution < 1.29 is 50.4 Å². The Balaban J connectivity index is 1.13. The topological polar surface area (TPSA) is 35.9 Å². The van der Waals surface area contributed by atoms with Crippen molar-refractivity contribution in [2.75, 3.05) is 0 Å². The van der Waals surface area contributed by atoms with Crippen LogP contribution in [0.5, 0.6) is 11.5 Å². The first kappa shape index (κ1) is 29.3. The molecule has 85 heavy (non-hydrogen) atoms. The molecule has 10 aromatic carbocycles. The Labute approximate surface area is 541 Å². The van der Waals surface area contributed by atoms with Crippen LogP contribution in [0, 0.1) is 20.0 Å². The van der Waals surface area contributed by atoms with E-state index in [1.54, 1.807) is 79.0 Å². The van der Waals surface area contributed by atoms with E-state index in [-0.39, 0.29) is 89.2 Å². The minimum absolute atomic E-state index is 0.0000257. The van der Waals surface area contributed by atoms with Gasteiger partial charge in [-0.3, -0.25) is 13.7 Å². The van der Waals surface area contributed by atoms with Gasteiger partial charge in [-0.1, -0.05) is 206 Å². The highest BCUT2D eigenvalue weighted by Crippen LogP contribution is 2.51. The van der Waals surface area contributed by atoms with Gasteiger partial charge in [-0.05, 0) is 192 Å². The van der Waals surface area contributed by atoms with E-state index in [1.165, 1.54) is 57.7 Å². The van der Waals surface area contributed by atoms with Crippen LogP contribution in [-0.2, 0) is 16.2 Å². The minimum atomic E-state index is -4.68. The molecule has 5 heteroatoms. The van der Waals surface area contributed by atoms with E-state index in [1.807, 2.05) is 53.1 Å². The van der Waals surface area contributed by atoms with Crippen molar-refractivity contribution in [3.05, 3.63) is 259 Å². The Bertz CT molecular complexity index is 6190. The molecular weight excluding hydrogens is 1030 g/mol. The van der Waals surface area contributed by atoms with Crippen LogP contribution in [0.4, 0.5) is 0 Å². The molecule has 0 amide bonds. The zero-order valence-electron chi connectivity index (χ0n) is 75.9. The minimum Gasteiger partial charge on any atom is -0.458 e. The zero-order chi connectivity index (χ0) is 83.6.